The smallest absolute Gasteiger partial charge is 0.247 e. The van der Waals surface area contributed by atoms with Crippen molar-refractivity contribution in [1.29, 1.82) is 0 Å². The van der Waals surface area contributed by atoms with Crippen molar-refractivity contribution >= 4 is 22.6 Å². The fourth-order valence-electron chi connectivity index (χ4n) is 2.99. The highest BCUT2D eigenvalue weighted by molar-refractivity contribution is 5.99. The molecule has 1 aromatic carbocycles. The lowest BCUT2D eigenvalue weighted by molar-refractivity contribution is -0.116. The number of nitrogens with zero attached hydrogens (tertiary/aromatic N) is 6. The molecule has 0 radical (unpaired) electrons. The van der Waals surface area contributed by atoms with E-state index in [4.69, 9.17) is 0 Å². The van der Waals surface area contributed by atoms with E-state index in [0.717, 1.165) is 28.8 Å². The Bertz CT molecular complexity index is 1070. The summed E-state index contributed by atoms with van der Waals surface area (Å²) in [5.74, 6) is 1.21. The average Bonchev–Trinajstić information content (AvgIpc) is 3.34. The number of rotatable bonds is 5. The Morgan fingerprint density at radius 2 is 2.12 bits per heavy atom. The molecule has 3 heterocycles. The van der Waals surface area contributed by atoms with Crippen LogP contribution in [-0.4, -0.2) is 35.0 Å². The number of amides is 1. The van der Waals surface area contributed by atoms with Crippen LogP contribution in [0.25, 0.3) is 22.3 Å². The molecule has 0 unspecified atom stereocenters. The van der Waals surface area contributed by atoms with Crippen molar-refractivity contribution in [3.8, 4) is 11.4 Å². The summed E-state index contributed by atoms with van der Waals surface area (Å²) >= 11 is 0. The van der Waals surface area contributed by atoms with Crippen LogP contribution in [0.3, 0.4) is 0 Å². The molecule has 0 atom stereocenters. The van der Waals surface area contributed by atoms with Crippen molar-refractivity contribution in [3.63, 3.8) is 0 Å². The molecule has 0 aliphatic heterocycles. The van der Waals surface area contributed by atoms with E-state index in [9.17, 15) is 4.79 Å². The molecule has 4 rings (SSSR count). The van der Waals surface area contributed by atoms with Gasteiger partial charge in [0.2, 0.25) is 5.91 Å². The van der Waals surface area contributed by atoms with Crippen LogP contribution in [0.15, 0.2) is 49.1 Å². The van der Waals surface area contributed by atoms with E-state index in [1.807, 2.05) is 59.9 Å². The van der Waals surface area contributed by atoms with E-state index in [2.05, 4.69) is 20.5 Å². The second kappa shape index (κ2) is 6.47. The fourth-order valence-corrected chi connectivity index (χ4v) is 2.99. The van der Waals surface area contributed by atoms with Gasteiger partial charge in [-0.05, 0) is 19.1 Å². The van der Waals surface area contributed by atoms with Crippen molar-refractivity contribution in [3.05, 3.63) is 49.1 Å². The molecule has 8 nitrogen and oxygen atoms in total. The summed E-state index contributed by atoms with van der Waals surface area (Å²) in [7, 11) is 1.92. The summed E-state index contributed by atoms with van der Waals surface area (Å²) in [5.41, 5.74) is 1.87. The predicted octanol–water partition coefficient (Wildman–Crippen LogP) is 2.29. The molecular formula is C18H19N7O. The number of imidazole rings is 1. The van der Waals surface area contributed by atoms with E-state index >= 15 is 0 Å². The summed E-state index contributed by atoms with van der Waals surface area (Å²) in [6.07, 6.45) is 7.12. The maximum Gasteiger partial charge on any atom is 0.247 e. The summed E-state index contributed by atoms with van der Waals surface area (Å²) in [4.78, 5) is 16.7. The number of nitrogens with one attached hydrogen (secondary N) is 1. The number of benzene rings is 1. The van der Waals surface area contributed by atoms with E-state index in [1.165, 1.54) is 0 Å². The largest absolute Gasteiger partial charge is 0.334 e. The van der Waals surface area contributed by atoms with E-state index in [0.29, 0.717) is 5.82 Å². The van der Waals surface area contributed by atoms with Crippen molar-refractivity contribution < 1.29 is 4.79 Å². The van der Waals surface area contributed by atoms with Crippen LogP contribution in [-0.2, 0) is 24.9 Å². The van der Waals surface area contributed by atoms with Gasteiger partial charge in [0.1, 0.15) is 12.4 Å². The third kappa shape index (κ3) is 2.85. The van der Waals surface area contributed by atoms with Crippen LogP contribution in [0.1, 0.15) is 6.92 Å². The number of para-hydroxylation sites is 1. The number of carbonyl (C=O) groups is 1. The minimum atomic E-state index is -0.175. The Labute approximate surface area is 150 Å². The Morgan fingerprint density at radius 1 is 1.27 bits per heavy atom. The monoisotopic (exact) mass is 349 g/mol. The van der Waals surface area contributed by atoms with Crippen LogP contribution in [0.4, 0.5) is 5.82 Å². The second-order valence-corrected chi connectivity index (χ2v) is 6.02. The molecule has 4 aromatic rings. The van der Waals surface area contributed by atoms with Crippen LogP contribution in [0.5, 0.6) is 0 Å². The maximum atomic E-state index is 12.4. The Balaban J connectivity index is 1.52. The first kappa shape index (κ1) is 16.1. The van der Waals surface area contributed by atoms with E-state index in [1.54, 1.807) is 17.1 Å². The molecule has 0 fully saturated rings. The number of fused-ring (bicyclic) bond motifs is 1. The molecule has 0 aliphatic carbocycles. The van der Waals surface area contributed by atoms with Gasteiger partial charge in [-0.1, -0.05) is 12.1 Å². The van der Waals surface area contributed by atoms with Gasteiger partial charge in [0.05, 0.1) is 17.3 Å². The standard InChI is InChI=1S/C18H19N7O/c1-3-25-15-7-5-4-6-14(15)17(22-25)21-16(26)12-24-11-13(10-20-24)18-19-8-9-23(18)2/h4-11H,3,12H2,1-2H3,(H,21,22,26). The zero-order valence-electron chi connectivity index (χ0n) is 14.6. The fraction of sp³-hybridized carbons (Fsp3) is 0.222. The Morgan fingerprint density at radius 3 is 2.88 bits per heavy atom. The maximum absolute atomic E-state index is 12.4. The van der Waals surface area contributed by atoms with Crippen molar-refractivity contribution in [2.75, 3.05) is 5.32 Å². The zero-order valence-corrected chi connectivity index (χ0v) is 14.6. The summed E-state index contributed by atoms with van der Waals surface area (Å²) < 4.78 is 5.38. The molecule has 0 aliphatic rings. The molecule has 0 saturated heterocycles. The molecule has 1 N–H and O–H groups in total. The second-order valence-electron chi connectivity index (χ2n) is 6.02. The number of aromatic nitrogens is 6. The number of hydrogen-bond donors (Lipinski definition) is 1. The number of carbonyl (C=O) groups excluding carboxylic acids is 1. The zero-order chi connectivity index (χ0) is 18.1. The van der Waals surface area contributed by atoms with Gasteiger partial charge in [0, 0.05) is 37.6 Å². The Kier molecular flexibility index (Phi) is 4.00. The molecule has 8 heteroatoms. The van der Waals surface area contributed by atoms with Gasteiger partial charge < -0.3 is 9.88 Å². The highest BCUT2D eigenvalue weighted by Crippen LogP contribution is 2.22. The topological polar surface area (TPSA) is 82.6 Å². The molecule has 26 heavy (non-hydrogen) atoms. The molecule has 3 aromatic heterocycles. The van der Waals surface area contributed by atoms with Gasteiger partial charge >= 0.3 is 0 Å². The van der Waals surface area contributed by atoms with Crippen LogP contribution in [0, 0.1) is 0 Å². The summed E-state index contributed by atoms with van der Waals surface area (Å²) in [6, 6.07) is 7.85. The number of aryl methyl sites for hydroxylation is 2. The first-order valence-electron chi connectivity index (χ1n) is 8.41. The predicted molar refractivity (Wildman–Crippen MR) is 98.5 cm³/mol. The van der Waals surface area contributed by atoms with E-state index in [-0.39, 0.29) is 12.5 Å². The molecular weight excluding hydrogens is 330 g/mol. The molecule has 0 spiro atoms. The van der Waals surface area contributed by atoms with Crippen molar-refractivity contribution in [1.82, 2.24) is 29.1 Å². The third-order valence-corrected chi connectivity index (χ3v) is 4.23. The lowest BCUT2D eigenvalue weighted by Gasteiger charge is -2.03. The molecule has 0 bridgehead atoms. The lowest BCUT2D eigenvalue weighted by Crippen LogP contribution is -2.19. The first-order chi connectivity index (χ1) is 12.7. The minimum absolute atomic E-state index is 0.109. The number of hydrogen-bond acceptors (Lipinski definition) is 4. The summed E-state index contributed by atoms with van der Waals surface area (Å²) in [5, 5.41) is 12.6. The first-order valence-corrected chi connectivity index (χ1v) is 8.41. The quantitative estimate of drug-likeness (QED) is 0.599. The van der Waals surface area contributed by atoms with Crippen LogP contribution >= 0.6 is 0 Å². The van der Waals surface area contributed by atoms with Crippen molar-refractivity contribution in [2.24, 2.45) is 7.05 Å². The highest BCUT2D eigenvalue weighted by atomic mass is 16.2. The average molecular weight is 349 g/mol. The highest BCUT2D eigenvalue weighted by Gasteiger charge is 2.13. The van der Waals surface area contributed by atoms with Gasteiger partial charge in [0.25, 0.3) is 0 Å². The van der Waals surface area contributed by atoms with Crippen molar-refractivity contribution in [2.45, 2.75) is 20.0 Å². The third-order valence-electron chi connectivity index (χ3n) is 4.23. The summed E-state index contributed by atoms with van der Waals surface area (Å²) in [6.45, 7) is 2.87. The molecule has 0 saturated carbocycles. The normalized spacial score (nSPS) is 11.2. The molecule has 132 valence electrons. The Hall–Kier alpha value is -3.42. The van der Waals surface area contributed by atoms with Gasteiger partial charge in [-0.15, -0.1) is 0 Å². The van der Waals surface area contributed by atoms with Crippen LogP contribution in [0.2, 0.25) is 0 Å². The van der Waals surface area contributed by atoms with Gasteiger partial charge in [0.15, 0.2) is 5.82 Å². The van der Waals surface area contributed by atoms with Gasteiger partial charge in [-0.3, -0.25) is 14.2 Å². The van der Waals surface area contributed by atoms with Crippen LogP contribution < -0.4 is 5.32 Å². The van der Waals surface area contributed by atoms with Gasteiger partial charge in [-0.2, -0.15) is 10.2 Å². The lowest BCUT2D eigenvalue weighted by atomic mass is 10.2. The SMILES string of the molecule is CCn1nc(NC(=O)Cn2cc(-c3nccn3C)cn2)c2ccccc21. The van der Waals surface area contributed by atoms with E-state index < -0.39 is 0 Å². The van der Waals surface area contributed by atoms with Gasteiger partial charge in [-0.25, -0.2) is 4.98 Å². The molecule has 1 amide bonds. The number of anilines is 1. The minimum Gasteiger partial charge on any atom is -0.334 e.